The Morgan fingerprint density at radius 1 is 1.38 bits per heavy atom. The SMILES string of the molecule is Nc1c2c(nc3c(Cl)cccc13)CCNC2. The maximum absolute atomic E-state index is 6.17. The molecule has 3 N–H and O–H groups in total. The Kier molecular flexibility index (Phi) is 2.23. The zero-order valence-corrected chi connectivity index (χ0v) is 9.51. The van der Waals surface area contributed by atoms with Crippen LogP contribution >= 0.6 is 11.6 Å². The summed E-state index contributed by atoms with van der Waals surface area (Å²) in [5.41, 5.74) is 10.0. The summed E-state index contributed by atoms with van der Waals surface area (Å²) >= 11 is 6.14. The lowest BCUT2D eigenvalue weighted by atomic mass is 10.0. The molecule has 2 heterocycles. The highest BCUT2D eigenvalue weighted by Gasteiger charge is 2.16. The van der Waals surface area contributed by atoms with Gasteiger partial charge in [0.1, 0.15) is 0 Å². The fraction of sp³-hybridized carbons (Fsp3) is 0.250. The van der Waals surface area contributed by atoms with Gasteiger partial charge in [-0.2, -0.15) is 0 Å². The smallest absolute Gasteiger partial charge is 0.0912 e. The minimum absolute atomic E-state index is 0.672. The average molecular weight is 234 g/mol. The summed E-state index contributed by atoms with van der Waals surface area (Å²) in [6, 6.07) is 5.73. The normalized spacial score (nSPS) is 15.1. The number of rotatable bonds is 0. The van der Waals surface area contributed by atoms with Crippen LogP contribution in [0.4, 0.5) is 5.69 Å². The molecule has 2 aromatic rings. The van der Waals surface area contributed by atoms with E-state index >= 15 is 0 Å². The van der Waals surface area contributed by atoms with E-state index in [9.17, 15) is 0 Å². The van der Waals surface area contributed by atoms with Crippen molar-refractivity contribution < 1.29 is 0 Å². The van der Waals surface area contributed by atoms with Crippen LogP contribution in [-0.4, -0.2) is 11.5 Å². The summed E-state index contributed by atoms with van der Waals surface area (Å²) in [6.07, 6.45) is 0.917. The molecule has 82 valence electrons. The first-order valence-corrected chi connectivity index (χ1v) is 5.71. The third-order valence-corrected chi connectivity index (χ3v) is 3.34. The molecular weight excluding hydrogens is 222 g/mol. The van der Waals surface area contributed by atoms with Gasteiger partial charge in [0.25, 0.3) is 0 Å². The van der Waals surface area contributed by atoms with E-state index in [2.05, 4.69) is 10.3 Å². The van der Waals surface area contributed by atoms with E-state index in [4.69, 9.17) is 17.3 Å². The van der Waals surface area contributed by atoms with Crippen LogP contribution in [0.3, 0.4) is 0 Å². The number of hydrogen-bond acceptors (Lipinski definition) is 3. The van der Waals surface area contributed by atoms with Crippen LogP contribution in [0.25, 0.3) is 10.9 Å². The van der Waals surface area contributed by atoms with E-state index in [-0.39, 0.29) is 0 Å². The van der Waals surface area contributed by atoms with E-state index in [1.807, 2.05) is 18.2 Å². The summed E-state index contributed by atoms with van der Waals surface area (Å²) < 4.78 is 0. The molecule has 0 spiro atoms. The number of nitrogens with zero attached hydrogens (tertiary/aromatic N) is 1. The second kappa shape index (κ2) is 3.61. The van der Waals surface area contributed by atoms with Crippen LogP contribution in [-0.2, 0) is 13.0 Å². The molecule has 0 fully saturated rings. The first-order chi connectivity index (χ1) is 7.77. The van der Waals surface area contributed by atoms with E-state index in [0.29, 0.717) is 5.02 Å². The third-order valence-electron chi connectivity index (χ3n) is 3.04. The van der Waals surface area contributed by atoms with Crippen LogP contribution in [0.5, 0.6) is 0 Å². The molecule has 1 aromatic heterocycles. The maximum atomic E-state index is 6.17. The van der Waals surface area contributed by atoms with Crippen LogP contribution in [0.2, 0.25) is 5.02 Å². The third kappa shape index (κ3) is 1.36. The number of nitrogens with two attached hydrogens (primary N) is 1. The van der Waals surface area contributed by atoms with E-state index in [0.717, 1.165) is 47.4 Å². The maximum Gasteiger partial charge on any atom is 0.0912 e. The Labute approximate surface area is 98.6 Å². The summed E-state index contributed by atoms with van der Waals surface area (Å²) in [4.78, 5) is 4.62. The molecule has 0 radical (unpaired) electrons. The van der Waals surface area contributed by atoms with Crippen molar-refractivity contribution >= 4 is 28.2 Å². The zero-order valence-electron chi connectivity index (χ0n) is 8.76. The number of nitrogens with one attached hydrogen (secondary N) is 1. The molecule has 1 aliphatic rings. The second-order valence-corrected chi connectivity index (χ2v) is 4.42. The van der Waals surface area contributed by atoms with Crippen molar-refractivity contribution in [2.75, 3.05) is 12.3 Å². The number of nitrogen functional groups attached to an aromatic ring is 1. The summed E-state index contributed by atoms with van der Waals surface area (Å²) in [5, 5.41) is 4.93. The van der Waals surface area contributed by atoms with Gasteiger partial charge in [-0.3, -0.25) is 4.98 Å². The average Bonchev–Trinajstić information content (AvgIpc) is 2.31. The van der Waals surface area contributed by atoms with Crippen molar-refractivity contribution in [3.05, 3.63) is 34.5 Å². The molecule has 3 nitrogen and oxygen atoms in total. The van der Waals surface area contributed by atoms with Crippen molar-refractivity contribution in [3.8, 4) is 0 Å². The zero-order chi connectivity index (χ0) is 11.1. The molecule has 4 heteroatoms. The van der Waals surface area contributed by atoms with Gasteiger partial charge < -0.3 is 11.1 Å². The van der Waals surface area contributed by atoms with Crippen LogP contribution < -0.4 is 11.1 Å². The van der Waals surface area contributed by atoms with E-state index in [1.165, 1.54) is 0 Å². The number of benzene rings is 1. The largest absolute Gasteiger partial charge is 0.398 e. The lowest BCUT2D eigenvalue weighted by molar-refractivity contribution is 0.634. The topological polar surface area (TPSA) is 50.9 Å². The number of fused-ring (bicyclic) bond motifs is 2. The highest BCUT2D eigenvalue weighted by molar-refractivity contribution is 6.35. The van der Waals surface area contributed by atoms with Gasteiger partial charge in [-0.25, -0.2) is 0 Å². The van der Waals surface area contributed by atoms with Gasteiger partial charge in [0.05, 0.1) is 10.5 Å². The second-order valence-electron chi connectivity index (χ2n) is 4.01. The summed E-state index contributed by atoms with van der Waals surface area (Å²) in [5.74, 6) is 0. The van der Waals surface area contributed by atoms with Gasteiger partial charge in [-0.15, -0.1) is 0 Å². The van der Waals surface area contributed by atoms with Crippen LogP contribution in [0.15, 0.2) is 18.2 Å². The van der Waals surface area contributed by atoms with Crippen molar-refractivity contribution in [3.63, 3.8) is 0 Å². The summed E-state index contributed by atoms with van der Waals surface area (Å²) in [7, 11) is 0. The Balaban J connectivity index is 2.39. The molecule has 0 atom stereocenters. The number of halogens is 1. The van der Waals surface area contributed by atoms with E-state index < -0.39 is 0 Å². The lowest BCUT2D eigenvalue weighted by Crippen LogP contribution is -2.25. The minimum atomic E-state index is 0.672. The van der Waals surface area contributed by atoms with Crippen molar-refractivity contribution in [1.82, 2.24) is 10.3 Å². The standard InChI is InChI=1S/C12H12ClN3/c13-9-3-1-2-7-11(14)8-6-15-5-4-10(8)16-12(7)9/h1-3,15H,4-6H2,(H2,14,16). The first kappa shape index (κ1) is 9.87. The van der Waals surface area contributed by atoms with Crippen molar-refractivity contribution in [1.29, 1.82) is 0 Å². The highest BCUT2D eigenvalue weighted by atomic mass is 35.5. The molecule has 0 saturated heterocycles. The number of pyridine rings is 1. The molecule has 0 bridgehead atoms. The summed E-state index contributed by atoms with van der Waals surface area (Å²) in [6.45, 7) is 1.76. The first-order valence-electron chi connectivity index (χ1n) is 5.33. The predicted molar refractivity (Wildman–Crippen MR) is 66.6 cm³/mol. The number of aromatic nitrogens is 1. The quantitative estimate of drug-likeness (QED) is 0.733. The molecule has 0 amide bonds. The van der Waals surface area contributed by atoms with Gasteiger partial charge in [0.2, 0.25) is 0 Å². The van der Waals surface area contributed by atoms with Crippen molar-refractivity contribution in [2.24, 2.45) is 0 Å². The van der Waals surface area contributed by atoms with Crippen LogP contribution in [0.1, 0.15) is 11.3 Å². The number of para-hydroxylation sites is 1. The van der Waals surface area contributed by atoms with Gasteiger partial charge >= 0.3 is 0 Å². The Morgan fingerprint density at radius 2 is 2.25 bits per heavy atom. The van der Waals surface area contributed by atoms with E-state index in [1.54, 1.807) is 0 Å². The minimum Gasteiger partial charge on any atom is -0.398 e. The monoisotopic (exact) mass is 233 g/mol. The van der Waals surface area contributed by atoms with Gasteiger partial charge in [0.15, 0.2) is 0 Å². The Hall–Kier alpha value is -1.32. The fourth-order valence-electron chi connectivity index (χ4n) is 2.19. The Morgan fingerprint density at radius 3 is 3.12 bits per heavy atom. The number of anilines is 1. The molecule has 16 heavy (non-hydrogen) atoms. The molecule has 3 rings (SSSR count). The molecule has 1 aromatic carbocycles. The molecule has 0 aliphatic carbocycles. The fourth-order valence-corrected chi connectivity index (χ4v) is 2.41. The lowest BCUT2D eigenvalue weighted by Gasteiger charge is -2.19. The molecule has 1 aliphatic heterocycles. The van der Waals surface area contributed by atoms with Crippen LogP contribution in [0, 0.1) is 0 Å². The molecule has 0 saturated carbocycles. The molecule has 0 unspecified atom stereocenters. The van der Waals surface area contributed by atoms with Gasteiger partial charge in [-0.1, -0.05) is 23.7 Å². The van der Waals surface area contributed by atoms with Gasteiger partial charge in [0, 0.05) is 41.8 Å². The predicted octanol–water partition coefficient (Wildman–Crippen LogP) is 2.12. The molecular formula is C12H12ClN3. The highest BCUT2D eigenvalue weighted by Crippen LogP contribution is 2.31. The number of hydrogen-bond donors (Lipinski definition) is 2. The Bertz CT molecular complexity index is 566. The van der Waals surface area contributed by atoms with Gasteiger partial charge in [-0.05, 0) is 6.07 Å². The van der Waals surface area contributed by atoms with Crippen molar-refractivity contribution in [2.45, 2.75) is 13.0 Å².